The fraction of sp³-hybridized carbons (Fsp3) is 0.455. The molecule has 162 valence electrons. The molecule has 0 spiro atoms. The molecule has 1 saturated heterocycles. The van der Waals surface area contributed by atoms with E-state index in [0.29, 0.717) is 17.9 Å². The Morgan fingerprint density at radius 2 is 1.87 bits per heavy atom. The van der Waals surface area contributed by atoms with E-state index in [1.807, 2.05) is 36.0 Å². The minimum absolute atomic E-state index is 0.00440. The molecule has 0 amide bonds. The van der Waals surface area contributed by atoms with Gasteiger partial charge in [0.1, 0.15) is 0 Å². The van der Waals surface area contributed by atoms with Gasteiger partial charge >= 0.3 is 0 Å². The number of benzene rings is 1. The minimum Gasteiger partial charge on any atom is -0.340 e. The average Bonchev–Trinajstić information content (AvgIpc) is 2.80. The quantitative estimate of drug-likeness (QED) is 0.604. The third-order valence-electron chi connectivity index (χ3n) is 6.15. The van der Waals surface area contributed by atoms with Gasteiger partial charge in [-0.25, -0.2) is 9.67 Å². The monoisotopic (exact) mass is 438 g/mol. The van der Waals surface area contributed by atoms with Gasteiger partial charge in [0, 0.05) is 58.0 Å². The van der Waals surface area contributed by atoms with Crippen LogP contribution in [0.15, 0.2) is 39.9 Å². The molecule has 0 bridgehead atoms. The molecule has 9 heteroatoms. The SMILES string of the molecule is Cn1c(N2CCN(CCn3nc4c(cc3=O)CSCC4)CC2)nc2ccccc2c1=O. The Balaban J connectivity index is 1.24. The summed E-state index contributed by atoms with van der Waals surface area (Å²) in [4.78, 5) is 34.4. The van der Waals surface area contributed by atoms with Gasteiger partial charge in [0.2, 0.25) is 5.95 Å². The van der Waals surface area contributed by atoms with Crippen molar-refractivity contribution in [2.45, 2.75) is 18.7 Å². The molecule has 1 aromatic carbocycles. The lowest BCUT2D eigenvalue weighted by Crippen LogP contribution is -2.49. The van der Waals surface area contributed by atoms with Crippen molar-refractivity contribution in [2.75, 3.05) is 43.4 Å². The zero-order chi connectivity index (χ0) is 21.4. The van der Waals surface area contributed by atoms with Crippen LogP contribution in [0, 0.1) is 0 Å². The van der Waals surface area contributed by atoms with Crippen molar-refractivity contribution in [3.8, 4) is 0 Å². The van der Waals surface area contributed by atoms with Gasteiger partial charge in [-0.3, -0.25) is 19.1 Å². The van der Waals surface area contributed by atoms with E-state index >= 15 is 0 Å². The lowest BCUT2D eigenvalue weighted by Gasteiger charge is -2.35. The highest BCUT2D eigenvalue weighted by molar-refractivity contribution is 7.98. The van der Waals surface area contributed by atoms with E-state index in [1.54, 1.807) is 22.4 Å². The Morgan fingerprint density at radius 3 is 2.71 bits per heavy atom. The third-order valence-corrected chi connectivity index (χ3v) is 7.16. The number of anilines is 1. The van der Waals surface area contributed by atoms with E-state index in [1.165, 1.54) is 0 Å². The summed E-state index contributed by atoms with van der Waals surface area (Å²) in [5, 5.41) is 5.26. The molecule has 0 atom stereocenters. The molecule has 31 heavy (non-hydrogen) atoms. The van der Waals surface area contributed by atoms with Crippen LogP contribution in [0.25, 0.3) is 10.9 Å². The number of aryl methyl sites for hydroxylation is 1. The lowest BCUT2D eigenvalue weighted by atomic mass is 10.2. The molecule has 1 fully saturated rings. The Bertz CT molecular complexity index is 1230. The highest BCUT2D eigenvalue weighted by Gasteiger charge is 2.21. The van der Waals surface area contributed by atoms with Crippen molar-refractivity contribution in [3.63, 3.8) is 0 Å². The molecule has 0 unspecified atom stereocenters. The van der Waals surface area contributed by atoms with E-state index < -0.39 is 0 Å². The lowest BCUT2D eigenvalue weighted by molar-refractivity contribution is 0.241. The summed E-state index contributed by atoms with van der Waals surface area (Å²) in [5.74, 6) is 2.69. The second-order valence-corrected chi connectivity index (χ2v) is 9.21. The third kappa shape index (κ3) is 3.99. The first-order valence-electron chi connectivity index (χ1n) is 10.7. The Morgan fingerprint density at radius 1 is 1.06 bits per heavy atom. The van der Waals surface area contributed by atoms with E-state index in [9.17, 15) is 9.59 Å². The number of rotatable bonds is 4. The van der Waals surface area contributed by atoms with Gasteiger partial charge < -0.3 is 4.90 Å². The standard InChI is InChI=1S/C22H26N6O2S/c1-25-21(30)17-4-2-3-5-19(17)23-22(25)27-10-7-26(8-11-27)9-12-28-20(29)14-16-15-31-13-6-18(16)24-28/h2-5,14H,6-13,15H2,1H3. The van der Waals surface area contributed by atoms with Crippen molar-refractivity contribution in [3.05, 3.63) is 62.3 Å². The highest BCUT2D eigenvalue weighted by atomic mass is 32.2. The Hall–Kier alpha value is -2.65. The van der Waals surface area contributed by atoms with Crippen LogP contribution < -0.4 is 16.0 Å². The number of aromatic nitrogens is 4. The zero-order valence-electron chi connectivity index (χ0n) is 17.7. The van der Waals surface area contributed by atoms with Gasteiger partial charge in [-0.15, -0.1) is 0 Å². The number of para-hydroxylation sites is 1. The Kier molecular flexibility index (Phi) is 5.54. The van der Waals surface area contributed by atoms with Gasteiger partial charge in [0.15, 0.2) is 0 Å². The summed E-state index contributed by atoms with van der Waals surface area (Å²) in [5.41, 5.74) is 2.89. The maximum absolute atomic E-state index is 12.7. The molecule has 0 N–H and O–H groups in total. The topological polar surface area (TPSA) is 76.3 Å². The normalized spacial score (nSPS) is 17.1. The van der Waals surface area contributed by atoms with Gasteiger partial charge in [-0.05, 0) is 23.4 Å². The number of hydrogen-bond acceptors (Lipinski definition) is 7. The molecule has 2 aliphatic heterocycles. The molecule has 5 rings (SSSR count). The van der Waals surface area contributed by atoms with Crippen molar-refractivity contribution < 1.29 is 0 Å². The first kappa shape index (κ1) is 20.3. The molecule has 2 aliphatic rings. The Labute approximate surface area is 184 Å². The smallest absolute Gasteiger partial charge is 0.267 e. The fourth-order valence-electron chi connectivity index (χ4n) is 4.31. The molecule has 0 saturated carbocycles. The number of thioether (sulfide) groups is 1. The maximum atomic E-state index is 12.7. The van der Waals surface area contributed by atoms with Gasteiger partial charge in [0.25, 0.3) is 11.1 Å². The van der Waals surface area contributed by atoms with Crippen molar-refractivity contribution in [2.24, 2.45) is 7.05 Å². The van der Waals surface area contributed by atoms with Crippen molar-refractivity contribution >= 4 is 28.6 Å². The van der Waals surface area contributed by atoms with E-state index in [4.69, 9.17) is 4.98 Å². The van der Waals surface area contributed by atoms with Crippen LogP contribution in [0.2, 0.25) is 0 Å². The molecule has 0 aliphatic carbocycles. The van der Waals surface area contributed by atoms with Crippen LogP contribution in [-0.4, -0.2) is 62.7 Å². The minimum atomic E-state index is -0.0145. The molecule has 8 nitrogen and oxygen atoms in total. The van der Waals surface area contributed by atoms with Crippen molar-refractivity contribution in [1.29, 1.82) is 0 Å². The van der Waals surface area contributed by atoms with Crippen LogP contribution >= 0.6 is 11.8 Å². The van der Waals surface area contributed by atoms with Crippen LogP contribution in [-0.2, 0) is 25.8 Å². The number of hydrogen-bond donors (Lipinski definition) is 0. The summed E-state index contributed by atoms with van der Waals surface area (Å²) < 4.78 is 3.27. The molecule has 3 aromatic rings. The predicted octanol–water partition coefficient (Wildman–Crippen LogP) is 1.10. The number of piperazine rings is 1. The summed E-state index contributed by atoms with van der Waals surface area (Å²) in [7, 11) is 1.79. The van der Waals surface area contributed by atoms with Gasteiger partial charge in [-0.2, -0.15) is 16.9 Å². The van der Waals surface area contributed by atoms with Gasteiger partial charge in [-0.1, -0.05) is 12.1 Å². The summed E-state index contributed by atoms with van der Waals surface area (Å²) in [6, 6.07) is 9.25. The van der Waals surface area contributed by atoms with Crippen LogP contribution in [0.4, 0.5) is 5.95 Å². The summed E-state index contributed by atoms with van der Waals surface area (Å²) in [6.45, 7) is 4.70. The van der Waals surface area contributed by atoms with Crippen LogP contribution in [0.3, 0.4) is 0 Å². The number of fused-ring (bicyclic) bond motifs is 2. The molecular weight excluding hydrogens is 412 g/mol. The summed E-state index contributed by atoms with van der Waals surface area (Å²) in [6.07, 6.45) is 0.941. The van der Waals surface area contributed by atoms with E-state index in [2.05, 4.69) is 14.9 Å². The first-order valence-corrected chi connectivity index (χ1v) is 11.9. The van der Waals surface area contributed by atoms with Gasteiger partial charge in [0.05, 0.1) is 23.1 Å². The second kappa shape index (κ2) is 8.47. The molecule has 2 aromatic heterocycles. The van der Waals surface area contributed by atoms with E-state index in [-0.39, 0.29) is 11.1 Å². The van der Waals surface area contributed by atoms with Crippen molar-refractivity contribution in [1.82, 2.24) is 24.2 Å². The van der Waals surface area contributed by atoms with Crippen LogP contribution in [0.5, 0.6) is 0 Å². The first-order chi connectivity index (χ1) is 15.1. The van der Waals surface area contributed by atoms with Crippen LogP contribution in [0.1, 0.15) is 11.3 Å². The molecular formula is C22H26N6O2S. The predicted molar refractivity (Wildman–Crippen MR) is 124 cm³/mol. The number of nitrogens with zero attached hydrogens (tertiary/aromatic N) is 6. The fourth-order valence-corrected chi connectivity index (χ4v) is 5.26. The highest BCUT2D eigenvalue weighted by Crippen LogP contribution is 2.21. The largest absolute Gasteiger partial charge is 0.340 e. The summed E-state index contributed by atoms with van der Waals surface area (Å²) >= 11 is 1.86. The van der Waals surface area contributed by atoms with E-state index in [0.717, 1.165) is 67.4 Å². The second-order valence-electron chi connectivity index (χ2n) is 8.10. The molecule has 0 radical (unpaired) electrons. The molecule has 4 heterocycles. The zero-order valence-corrected chi connectivity index (χ0v) is 18.5. The maximum Gasteiger partial charge on any atom is 0.267 e. The average molecular weight is 439 g/mol.